The summed E-state index contributed by atoms with van der Waals surface area (Å²) in [6.07, 6.45) is 3.24. The van der Waals surface area contributed by atoms with Crippen LogP contribution in [-0.4, -0.2) is 22.0 Å². The van der Waals surface area contributed by atoms with Gasteiger partial charge in [-0.3, -0.25) is 4.79 Å². The Morgan fingerprint density at radius 2 is 1.83 bits per heavy atom. The van der Waals surface area contributed by atoms with Gasteiger partial charge in [-0.25, -0.2) is 4.98 Å². The van der Waals surface area contributed by atoms with Crippen LogP contribution in [-0.2, 0) is 0 Å². The fraction of sp³-hybridized carbons (Fsp3) is 0.200. The first-order valence-corrected chi connectivity index (χ1v) is 11.1. The molecule has 3 nitrogen and oxygen atoms in total. The molecule has 2 unspecified atom stereocenters. The SMILES string of the molecule is CSc1ccc(C2CC2c2nc3ccc(-c4ccccc4C(C)=O)cc3[nH]2)cc1. The molecule has 4 aromatic rings. The maximum Gasteiger partial charge on any atom is 0.160 e. The molecule has 1 N–H and O–H groups in total. The van der Waals surface area contributed by atoms with Gasteiger partial charge >= 0.3 is 0 Å². The van der Waals surface area contributed by atoms with Gasteiger partial charge in [0.25, 0.3) is 0 Å². The number of Topliss-reactive ketones (excluding diaryl/α,β-unsaturated/α-hetero) is 1. The fourth-order valence-electron chi connectivity index (χ4n) is 4.13. The van der Waals surface area contributed by atoms with Crippen molar-refractivity contribution in [3.8, 4) is 11.1 Å². The Kier molecular flexibility index (Phi) is 4.51. The zero-order valence-electron chi connectivity index (χ0n) is 16.5. The first kappa shape index (κ1) is 18.2. The van der Waals surface area contributed by atoms with E-state index in [0.29, 0.717) is 11.8 Å². The van der Waals surface area contributed by atoms with Crippen LogP contribution in [0.25, 0.3) is 22.2 Å². The van der Waals surface area contributed by atoms with Crippen molar-refractivity contribution in [2.45, 2.75) is 30.1 Å². The van der Waals surface area contributed by atoms with Crippen LogP contribution in [0.1, 0.15) is 46.9 Å². The summed E-state index contributed by atoms with van der Waals surface area (Å²) in [5, 5.41) is 0. The molecule has 5 rings (SSSR count). The third-order valence-corrected chi connectivity index (χ3v) is 6.55. The quantitative estimate of drug-likeness (QED) is 0.311. The van der Waals surface area contributed by atoms with E-state index in [9.17, 15) is 4.79 Å². The molecule has 29 heavy (non-hydrogen) atoms. The van der Waals surface area contributed by atoms with Crippen molar-refractivity contribution in [3.05, 3.63) is 83.7 Å². The van der Waals surface area contributed by atoms with Crippen LogP contribution in [0.4, 0.5) is 0 Å². The predicted octanol–water partition coefficient (Wildman–Crippen LogP) is 6.43. The van der Waals surface area contributed by atoms with E-state index in [-0.39, 0.29) is 5.78 Å². The highest BCUT2D eigenvalue weighted by atomic mass is 32.2. The number of carbonyl (C=O) groups excluding carboxylic acids is 1. The van der Waals surface area contributed by atoms with Crippen molar-refractivity contribution in [2.24, 2.45) is 0 Å². The minimum Gasteiger partial charge on any atom is -0.342 e. The number of imidazole rings is 1. The number of carbonyl (C=O) groups is 1. The molecular weight excluding hydrogens is 376 g/mol. The summed E-state index contributed by atoms with van der Waals surface area (Å²) in [7, 11) is 0. The van der Waals surface area contributed by atoms with E-state index in [1.54, 1.807) is 18.7 Å². The van der Waals surface area contributed by atoms with Gasteiger partial charge in [-0.05, 0) is 66.5 Å². The van der Waals surface area contributed by atoms with Gasteiger partial charge in [0.1, 0.15) is 5.82 Å². The number of hydrogen-bond acceptors (Lipinski definition) is 3. The van der Waals surface area contributed by atoms with Crippen LogP contribution in [0.15, 0.2) is 71.6 Å². The minimum atomic E-state index is 0.0827. The summed E-state index contributed by atoms with van der Waals surface area (Å²) in [5.41, 5.74) is 6.16. The van der Waals surface area contributed by atoms with Crippen molar-refractivity contribution < 1.29 is 4.79 Å². The van der Waals surface area contributed by atoms with Gasteiger partial charge in [-0.15, -0.1) is 11.8 Å². The number of aromatic amines is 1. The molecule has 4 heteroatoms. The summed E-state index contributed by atoms with van der Waals surface area (Å²) >= 11 is 1.77. The first-order chi connectivity index (χ1) is 14.1. The van der Waals surface area contributed by atoms with Gasteiger partial charge in [-0.1, -0.05) is 42.5 Å². The third-order valence-electron chi connectivity index (χ3n) is 5.80. The standard InChI is InChI=1S/C25H22N2OS/c1-15(28)19-5-3-4-6-20(19)17-9-12-23-24(13-17)27-25(26-23)22-14-21(22)16-7-10-18(29-2)11-8-16/h3-13,21-22H,14H2,1-2H3,(H,26,27). The molecule has 0 bridgehead atoms. The summed E-state index contributed by atoms with van der Waals surface area (Å²) in [6, 6.07) is 22.9. The largest absolute Gasteiger partial charge is 0.342 e. The lowest BCUT2D eigenvalue weighted by atomic mass is 9.97. The van der Waals surface area contributed by atoms with Gasteiger partial charge in [0.2, 0.25) is 0 Å². The molecule has 0 radical (unpaired) electrons. The van der Waals surface area contributed by atoms with Crippen LogP contribution in [0.3, 0.4) is 0 Å². The van der Waals surface area contributed by atoms with Crippen LogP contribution >= 0.6 is 11.8 Å². The van der Waals surface area contributed by atoms with Crippen molar-refractivity contribution in [2.75, 3.05) is 6.26 Å². The van der Waals surface area contributed by atoms with E-state index >= 15 is 0 Å². The van der Waals surface area contributed by atoms with E-state index in [2.05, 4.69) is 47.6 Å². The molecule has 1 aliphatic rings. The van der Waals surface area contributed by atoms with Crippen molar-refractivity contribution in [1.29, 1.82) is 0 Å². The molecule has 2 atom stereocenters. The summed E-state index contributed by atoms with van der Waals surface area (Å²) in [6.45, 7) is 1.62. The number of fused-ring (bicyclic) bond motifs is 1. The molecule has 1 aromatic heterocycles. The first-order valence-electron chi connectivity index (χ1n) is 9.88. The molecule has 144 valence electrons. The van der Waals surface area contributed by atoms with Crippen molar-refractivity contribution >= 4 is 28.6 Å². The summed E-state index contributed by atoms with van der Waals surface area (Å²) in [4.78, 5) is 21.7. The van der Waals surface area contributed by atoms with Gasteiger partial charge in [0, 0.05) is 16.4 Å². The smallest absolute Gasteiger partial charge is 0.160 e. The van der Waals surface area contributed by atoms with Crippen LogP contribution in [0.2, 0.25) is 0 Å². The number of ketones is 1. The van der Waals surface area contributed by atoms with E-state index in [0.717, 1.165) is 40.0 Å². The number of nitrogens with one attached hydrogen (secondary N) is 1. The molecule has 1 saturated carbocycles. The van der Waals surface area contributed by atoms with E-state index in [1.807, 2.05) is 30.3 Å². The Labute approximate surface area is 174 Å². The Balaban J connectivity index is 1.44. The zero-order chi connectivity index (χ0) is 20.0. The van der Waals surface area contributed by atoms with Crippen LogP contribution in [0, 0.1) is 0 Å². The van der Waals surface area contributed by atoms with E-state index < -0.39 is 0 Å². The van der Waals surface area contributed by atoms with Gasteiger partial charge < -0.3 is 4.98 Å². The minimum absolute atomic E-state index is 0.0827. The molecule has 0 amide bonds. The number of nitrogens with zero attached hydrogens (tertiary/aromatic N) is 1. The average molecular weight is 399 g/mol. The van der Waals surface area contributed by atoms with Crippen molar-refractivity contribution in [3.63, 3.8) is 0 Å². The van der Waals surface area contributed by atoms with Gasteiger partial charge in [-0.2, -0.15) is 0 Å². The molecule has 0 spiro atoms. The third kappa shape index (κ3) is 3.38. The molecule has 3 aromatic carbocycles. The Morgan fingerprint density at radius 3 is 2.59 bits per heavy atom. The second kappa shape index (κ2) is 7.20. The molecule has 1 fully saturated rings. The average Bonchev–Trinajstić information content (AvgIpc) is 3.44. The predicted molar refractivity (Wildman–Crippen MR) is 120 cm³/mol. The maximum atomic E-state index is 12.0. The summed E-state index contributed by atoms with van der Waals surface area (Å²) in [5.74, 6) is 2.15. The second-order valence-corrected chi connectivity index (χ2v) is 8.56. The highest BCUT2D eigenvalue weighted by Crippen LogP contribution is 2.54. The maximum absolute atomic E-state index is 12.0. The topological polar surface area (TPSA) is 45.8 Å². The lowest BCUT2D eigenvalue weighted by molar-refractivity contribution is 0.101. The fourth-order valence-corrected chi connectivity index (χ4v) is 4.54. The number of benzene rings is 3. The van der Waals surface area contributed by atoms with Gasteiger partial charge in [0.15, 0.2) is 5.78 Å². The van der Waals surface area contributed by atoms with Gasteiger partial charge in [0.05, 0.1) is 11.0 Å². The Hall–Kier alpha value is -2.85. The molecule has 0 aliphatic heterocycles. The zero-order valence-corrected chi connectivity index (χ0v) is 17.3. The number of H-pyrrole nitrogens is 1. The Bertz CT molecular complexity index is 1210. The van der Waals surface area contributed by atoms with Crippen LogP contribution in [0.5, 0.6) is 0 Å². The second-order valence-electron chi connectivity index (χ2n) is 7.68. The van der Waals surface area contributed by atoms with E-state index in [4.69, 9.17) is 4.98 Å². The van der Waals surface area contributed by atoms with Crippen LogP contribution < -0.4 is 0 Å². The highest BCUT2D eigenvalue weighted by molar-refractivity contribution is 7.98. The van der Waals surface area contributed by atoms with E-state index in [1.165, 1.54) is 10.5 Å². The highest BCUT2D eigenvalue weighted by Gasteiger charge is 2.41. The number of aromatic nitrogens is 2. The number of thioether (sulfide) groups is 1. The Morgan fingerprint density at radius 1 is 1.03 bits per heavy atom. The normalized spacial score (nSPS) is 18.1. The molecule has 1 aliphatic carbocycles. The lowest BCUT2D eigenvalue weighted by Gasteiger charge is -2.06. The number of rotatable bonds is 5. The molecule has 0 saturated heterocycles. The van der Waals surface area contributed by atoms with Crippen molar-refractivity contribution in [1.82, 2.24) is 9.97 Å². The number of hydrogen-bond donors (Lipinski definition) is 1. The molecule has 1 heterocycles. The lowest BCUT2D eigenvalue weighted by Crippen LogP contribution is -1.95. The summed E-state index contributed by atoms with van der Waals surface area (Å²) < 4.78 is 0. The monoisotopic (exact) mass is 398 g/mol. The molecular formula is C25H22N2OS.